The number of nitrogens with zero attached hydrogens (tertiary/aromatic N) is 4. The highest BCUT2D eigenvalue weighted by Crippen LogP contribution is 2.35. The van der Waals surface area contributed by atoms with Gasteiger partial charge in [0.1, 0.15) is 15.8 Å². The van der Waals surface area contributed by atoms with E-state index in [-0.39, 0.29) is 11.5 Å². The number of hydrogen-bond donors (Lipinski definition) is 0. The highest BCUT2D eigenvalue weighted by Gasteiger charge is 2.34. The largest absolute Gasteiger partial charge is 0.355 e. The molecule has 2 aliphatic heterocycles. The van der Waals surface area contributed by atoms with Gasteiger partial charge in [-0.05, 0) is 55.2 Å². The number of thiocarbonyl (C=S) groups is 1. The Hall–Kier alpha value is -2.19. The van der Waals surface area contributed by atoms with Crippen LogP contribution in [0.1, 0.15) is 70.9 Å². The summed E-state index contributed by atoms with van der Waals surface area (Å²) in [5.41, 5.74) is 1.93. The standard InChI is InChI=1S/C28H38N4O2S2/c1-6-8-9-21(7-2)17-32-27(34)23(36-28(32)35)13-22-25(30-14-19(4)12-20(5)15-30)29-24-11-10-18(3)16-31(24)26(22)33/h10-11,13,16,19-21H,6-9,12,14-15,17H2,1-5H3/b23-13+/t19-,20+,21-/m1/s1. The third-order valence-corrected chi connectivity index (χ3v) is 8.66. The van der Waals surface area contributed by atoms with Gasteiger partial charge in [-0.15, -0.1) is 0 Å². The van der Waals surface area contributed by atoms with Gasteiger partial charge < -0.3 is 4.90 Å². The van der Waals surface area contributed by atoms with E-state index in [0.717, 1.165) is 50.8 Å². The van der Waals surface area contributed by atoms with E-state index in [4.69, 9.17) is 17.2 Å². The fraction of sp³-hybridized carbons (Fsp3) is 0.571. The van der Waals surface area contributed by atoms with Crippen molar-refractivity contribution in [1.29, 1.82) is 0 Å². The molecule has 2 saturated heterocycles. The van der Waals surface area contributed by atoms with Crippen molar-refractivity contribution < 1.29 is 4.79 Å². The Bertz CT molecular complexity index is 1230. The molecule has 4 rings (SSSR count). The molecule has 36 heavy (non-hydrogen) atoms. The van der Waals surface area contributed by atoms with Crippen LogP contribution in [0.3, 0.4) is 0 Å². The number of hydrogen-bond acceptors (Lipinski definition) is 6. The molecule has 3 atom stereocenters. The van der Waals surface area contributed by atoms with Crippen LogP contribution in [0.5, 0.6) is 0 Å². The second-order valence-corrected chi connectivity index (χ2v) is 12.3. The minimum atomic E-state index is -0.149. The second kappa shape index (κ2) is 11.5. The summed E-state index contributed by atoms with van der Waals surface area (Å²) in [6.45, 7) is 13.1. The lowest BCUT2D eigenvalue weighted by Crippen LogP contribution is -2.40. The summed E-state index contributed by atoms with van der Waals surface area (Å²) in [7, 11) is 0. The number of piperidine rings is 1. The maximum atomic E-state index is 13.8. The Morgan fingerprint density at radius 1 is 1.19 bits per heavy atom. The first kappa shape index (κ1) is 26.9. The summed E-state index contributed by atoms with van der Waals surface area (Å²) in [5, 5.41) is 0. The molecule has 0 bridgehead atoms. The molecule has 2 aliphatic rings. The van der Waals surface area contributed by atoms with Crippen molar-refractivity contribution in [2.75, 3.05) is 24.5 Å². The fourth-order valence-electron chi connectivity index (χ4n) is 5.41. The van der Waals surface area contributed by atoms with Crippen LogP contribution in [-0.4, -0.2) is 44.1 Å². The topological polar surface area (TPSA) is 57.9 Å². The van der Waals surface area contributed by atoms with E-state index in [0.29, 0.717) is 50.6 Å². The summed E-state index contributed by atoms with van der Waals surface area (Å²) < 4.78 is 2.17. The number of carbonyl (C=O) groups is 1. The van der Waals surface area contributed by atoms with Gasteiger partial charge in [0.2, 0.25) is 0 Å². The number of aromatic nitrogens is 2. The molecule has 2 aromatic rings. The molecular weight excluding hydrogens is 488 g/mol. The van der Waals surface area contributed by atoms with E-state index >= 15 is 0 Å². The number of anilines is 1. The number of unbranched alkanes of at least 4 members (excludes halogenated alkanes) is 1. The van der Waals surface area contributed by atoms with E-state index in [2.05, 4.69) is 32.6 Å². The van der Waals surface area contributed by atoms with Crippen LogP contribution in [0, 0.1) is 24.7 Å². The first-order valence-electron chi connectivity index (χ1n) is 13.2. The maximum Gasteiger partial charge on any atom is 0.267 e. The molecule has 0 N–H and O–H groups in total. The average molecular weight is 527 g/mol. The maximum absolute atomic E-state index is 13.8. The molecule has 0 unspecified atom stereocenters. The zero-order valence-electron chi connectivity index (χ0n) is 22.1. The van der Waals surface area contributed by atoms with E-state index in [1.165, 1.54) is 11.8 Å². The lowest BCUT2D eigenvalue weighted by Gasteiger charge is -2.36. The molecule has 2 aromatic heterocycles. The Kier molecular flexibility index (Phi) is 8.56. The molecule has 1 amide bonds. The molecule has 8 heteroatoms. The van der Waals surface area contributed by atoms with Gasteiger partial charge in [0.25, 0.3) is 11.5 Å². The van der Waals surface area contributed by atoms with Gasteiger partial charge in [0, 0.05) is 25.8 Å². The van der Waals surface area contributed by atoms with Gasteiger partial charge in [0.05, 0.1) is 10.5 Å². The van der Waals surface area contributed by atoms with Crippen molar-refractivity contribution >= 4 is 51.7 Å². The summed E-state index contributed by atoms with van der Waals surface area (Å²) in [6, 6.07) is 3.86. The van der Waals surface area contributed by atoms with Gasteiger partial charge in [0.15, 0.2) is 0 Å². The van der Waals surface area contributed by atoms with Crippen molar-refractivity contribution in [3.63, 3.8) is 0 Å². The van der Waals surface area contributed by atoms with Crippen LogP contribution in [0.4, 0.5) is 5.82 Å². The van der Waals surface area contributed by atoms with Crippen LogP contribution in [0.25, 0.3) is 11.7 Å². The number of carbonyl (C=O) groups excluding carboxylic acids is 1. The highest BCUT2D eigenvalue weighted by atomic mass is 32.2. The van der Waals surface area contributed by atoms with Crippen molar-refractivity contribution in [1.82, 2.24) is 14.3 Å². The number of pyridine rings is 1. The molecule has 0 aliphatic carbocycles. The highest BCUT2D eigenvalue weighted by molar-refractivity contribution is 8.26. The van der Waals surface area contributed by atoms with Gasteiger partial charge in [-0.25, -0.2) is 4.98 Å². The van der Waals surface area contributed by atoms with E-state index in [9.17, 15) is 9.59 Å². The summed E-state index contributed by atoms with van der Waals surface area (Å²) in [5.74, 6) is 2.01. The minimum absolute atomic E-state index is 0.0972. The molecule has 2 fully saturated rings. The SMILES string of the molecule is CCCC[C@@H](CC)CN1C(=O)/C(=C\c2c(N3C[C@H](C)C[C@H](C)C3)nc3ccc(C)cn3c2=O)SC1=S. The van der Waals surface area contributed by atoms with Gasteiger partial charge >= 0.3 is 0 Å². The van der Waals surface area contributed by atoms with Crippen LogP contribution >= 0.6 is 24.0 Å². The second-order valence-electron chi connectivity index (χ2n) is 10.6. The predicted molar refractivity (Wildman–Crippen MR) is 155 cm³/mol. The first-order chi connectivity index (χ1) is 17.2. The summed E-state index contributed by atoms with van der Waals surface area (Å²) >= 11 is 6.92. The Labute approximate surface area is 224 Å². The number of rotatable bonds is 8. The molecule has 0 spiro atoms. The van der Waals surface area contributed by atoms with Crippen LogP contribution in [0.15, 0.2) is 28.0 Å². The van der Waals surface area contributed by atoms with E-state index < -0.39 is 0 Å². The first-order valence-corrected chi connectivity index (χ1v) is 14.5. The number of fused-ring (bicyclic) bond motifs is 1. The van der Waals surface area contributed by atoms with Gasteiger partial charge in [-0.2, -0.15) is 0 Å². The zero-order valence-corrected chi connectivity index (χ0v) is 23.8. The molecule has 0 saturated carbocycles. The molecule has 4 heterocycles. The predicted octanol–water partition coefficient (Wildman–Crippen LogP) is 5.90. The smallest absolute Gasteiger partial charge is 0.267 e. The molecule has 6 nitrogen and oxygen atoms in total. The normalized spacial score (nSPS) is 22.8. The summed E-state index contributed by atoms with van der Waals surface area (Å²) in [6.07, 6.45) is 9.12. The number of thioether (sulfide) groups is 1. The van der Waals surface area contributed by atoms with E-state index in [1.807, 2.05) is 25.3 Å². The third-order valence-electron chi connectivity index (χ3n) is 7.29. The Morgan fingerprint density at radius 2 is 1.92 bits per heavy atom. The Balaban J connectivity index is 1.75. The van der Waals surface area contributed by atoms with Gasteiger partial charge in [-0.1, -0.05) is 77.0 Å². The van der Waals surface area contributed by atoms with Crippen LogP contribution in [0.2, 0.25) is 0 Å². The Morgan fingerprint density at radius 3 is 2.58 bits per heavy atom. The molecule has 0 radical (unpaired) electrons. The molecule has 194 valence electrons. The van der Waals surface area contributed by atoms with Crippen molar-refractivity contribution in [2.45, 2.75) is 66.7 Å². The van der Waals surface area contributed by atoms with E-state index in [1.54, 1.807) is 15.4 Å². The third kappa shape index (κ3) is 5.70. The number of amides is 1. The minimum Gasteiger partial charge on any atom is -0.355 e. The average Bonchev–Trinajstić information content (AvgIpc) is 3.10. The van der Waals surface area contributed by atoms with Crippen LogP contribution < -0.4 is 10.5 Å². The lowest BCUT2D eigenvalue weighted by atomic mass is 9.91. The van der Waals surface area contributed by atoms with Gasteiger partial charge in [-0.3, -0.25) is 18.9 Å². The van der Waals surface area contributed by atoms with Crippen molar-refractivity contribution in [3.8, 4) is 0 Å². The van der Waals surface area contributed by atoms with Crippen molar-refractivity contribution in [2.24, 2.45) is 17.8 Å². The number of aryl methyl sites for hydroxylation is 1. The van der Waals surface area contributed by atoms with Crippen LogP contribution in [-0.2, 0) is 4.79 Å². The zero-order chi connectivity index (χ0) is 26.0. The fourth-order valence-corrected chi connectivity index (χ4v) is 6.67. The monoisotopic (exact) mass is 526 g/mol. The quantitative estimate of drug-likeness (QED) is 0.315. The molecule has 0 aromatic carbocycles. The molecular formula is C28H38N4O2S2. The lowest BCUT2D eigenvalue weighted by molar-refractivity contribution is -0.122. The van der Waals surface area contributed by atoms with Crippen molar-refractivity contribution in [3.05, 3.63) is 44.7 Å². The summed E-state index contributed by atoms with van der Waals surface area (Å²) in [4.78, 5) is 36.7.